The number of fused-ring (bicyclic) bond motifs is 1. The fraction of sp³-hybridized carbons (Fsp3) is 0.0833. The van der Waals surface area contributed by atoms with Crippen LogP contribution in [0.1, 0.15) is 5.69 Å². The number of nitrogens with two attached hydrogens (primary N) is 1. The van der Waals surface area contributed by atoms with Gasteiger partial charge in [0.25, 0.3) is 0 Å². The van der Waals surface area contributed by atoms with Gasteiger partial charge in [-0.2, -0.15) is 10.2 Å². The number of benzene rings is 1. The summed E-state index contributed by atoms with van der Waals surface area (Å²) < 4.78 is 15.3. The van der Waals surface area contributed by atoms with Crippen LogP contribution in [0.5, 0.6) is 0 Å². The maximum atomic E-state index is 13.6. The van der Waals surface area contributed by atoms with Gasteiger partial charge >= 0.3 is 0 Å². The molecule has 0 amide bonds. The first kappa shape index (κ1) is 10.6. The molecule has 0 bridgehead atoms. The van der Waals surface area contributed by atoms with E-state index in [9.17, 15) is 4.39 Å². The van der Waals surface area contributed by atoms with Crippen molar-refractivity contribution in [2.24, 2.45) is 0 Å². The number of aromatic nitrogens is 4. The van der Waals surface area contributed by atoms with Crippen molar-refractivity contribution in [3.63, 3.8) is 0 Å². The molecule has 2 heterocycles. The number of anilines is 1. The van der Waals surface area contributed by atoms with E-state index >= 15 is 0 Å². The number of para-hydroxylation sites is 1. The summed E-state index contributed by atoms with van der Waals surface area (Å²) in [5.74, 6) is -0.113. The summed E-state index contributed by atoms with van der Waals surface area (Å²) in [5.41, 5.74) is 7.48. The average molecular weight is 243 g/mol. The molecule has 1 aromatic carbocycles. The number of rotatable bonds is 2. The molecule has 18 heavy (non-hydrogen) atoms. The zero-order valence-electron chi connectivity index (χ0n) is 9.42. The second kappa shape index (κ2) is 4.06. The molecule has 0 spiro atoms. The van der Waals surface area contributed by atoms with Crippen molar-refractivity contribution < 1.29 is 4.39 Å². The molecule has 2 N–H and O–H groups in total. The van der Waals surface area contributed by atoms with E-state index in [1.54, 1.807) is 29.0 Å². The lowest BCUT2D eigenvalue weighted by molar-refractivity contribution is 0.637. The molecule has 5 nitrogen and oxygen atoms in total. The molecule has 3 rings (SSSR count). The number of hydrogen-bond acceptors (Lipinski definition) is 4. The van der Waals surface area contributed by atoms with Crippen molar-refractivity contribution in [3.05, 3.63) is 48.0 Å². The van der Waals surface area contributed by atoms with Gasteiger partial charge in [0, 0.05) is 6.20 Å². The fourth-order valence-corrected chi connectivity index (χ4v) is 1.88. The molecule has 0 fully saturated rings. The Hall–Kier alpha value is -2.50. The molecule has 0 aliphatic rings. The second-order valence-electron chi connectivity index (χ2n) is 3.88. The summed E-state index contributed by atoms with van der Waals surface area (Å²) >= 11 is 0. The van der Waals surface area contributed by atoms with Crippen LogP contribution in [0.4, 0.5) is 10.3 Å². The third-order valence-corrected chi connectivity index (χ3v) is 2.71. The smallest absolute Gasteiger partial charge is 0.201 e. The van der Waals surface area contributed by atoms with Crippen molar-refractivity contribution >= 4 is 17.0 Å². The highest BCUT2D eigenvalue weighted by Crippen LogP contribution is 2.21. The molecular weight excluding hydrogens is 233 g/mol. The molecule has 0 saturated heterocycles. The van der Waals surface area contributed by atoms with Gasteiger partial charge < -0.3 is 10.3 Å². The topological polar surface area (TPSA) is 69.6 Å². The summed E-state index contributed by atoms with van der Waals surface area (Å²) in [6.45, 7) is 0.416. The van der Waals surface area contributed by atoms with Crippen LogP contribution in [0.25, 0.3) is 11.0 Å². The number of nitrogen functional groups attached to an aromatic ring is 1. The molecule has 0 unspecified atom stereocenters. The van der Waals surface area contributed by atoms with Crippen LogP contribution in [0.3, 0.4) is 0 Å². The molecule has 0 atom stereocenters. The first-order valence-corrected chi connectivity index (χ1v) is 5.42. The van der Waals surface area contributed by atoms with Crippen LogP contribution in [-0.4, -0.2) is 19.7 Å². The lowest BCUT2D eigenvalue weighted by atomic mass is 10.3. The predicted octanol–water partition coefficient (Wildman–Crippen LogP) is 1.60. The molecule has 6 heteroatoms. The number of nitrogens with zero attached hydrogens (tertiary/aromatic N) is 4. The largest absolute Gasteiger partial charge is 0.369 e. The van der Waals surface area contributed by atoms with Gasteiger partial charge in [0.15, 0.2) is 5.82 Å². The Kier molecular flexibility index (Phi) is 2.40. The number of halogens is 1. The van der Waals surface area contributed by atoms with Crippen molar-refractivity contribution in [1.82, 2.24) is 19.7 Å². The lowest BCUT2D eigenvalue weighted by Crippen LogP contribution is -2.06. The Labute approximate surface area is 102 Å². The fourth-order valence-electron chi connectivity index (χ4n) is 1.88. The van der Waals surface area contributed by atoms with Gasteiger partial charge in [0.2, 0.25) is 5.95 Å². The van der Waals surface area contributed by atoms with E-state index in [-0.39, 0.29) is 17.3 Å². The van der Waals surface area contributed by atoms with E-state index in [1.165, 1.54) is 6.07 Å². The Morgan fingerprint density at radius 3 is 2.89 bits per heavy atom. The highest BCUT2D eigenvalue weighted by molar-refractivity contribution is 5.78. The van der Waals surface area contributed by atoms with Crippen molar-refractivity contribution in [2.45, 2.75) is 6.54 Å². The van der Waals surface area contributed by atoms with Crippen LogP contribution in [0, 0.1) is 5.82 Å². The van der Waals surface area contributed by atoms with Crippen molar-refractivity contribution in [2.75, 3.05) is 5.73 Å². The van der Waals surface area contributed by atoms with E-state index in [4.69, 9.17) is 5.73 Å². The highest BCUT2D eigenvalue weighted by atomic mass is 19.1. The summed E-state index contributed by atoms with van der Waals surface area (Å²) in [6, 6.07) is 8.39. The minimum atomic E-state index is -0.378. The molecule has 0 aliphatic heterocycles. The van der Waals surface area contributed by atoms with Crippen LogP contribution in [-0.2, 0) is 6.54 Å². The SMILES string of the molecule is Nc1nc2c(F)cccc2n1Cc1cccnn1. The van der Waals surface area contributed by atoms with Crippen LogP contribution in [0.15, 0.2) is 36.5 Å². The van der Waals surface area contributed by atoms with Crippen LogP contribution < -0.4 is 5.73 Å². The van der Waals surface area contributed by atoms with E-state index in [0.29, 0.717) is 12.1 Å². The summed E-state index contributed by atoms with van der Waals surface area (Å²) in [6.07, 6.45) is 1.60. The normalized spacial score (nSPS) is 10.9. The van der Waals surface area contributed by atoms with E-state index in [1.807, 2.05) is 6.07 Å². The summed E-state index contributed by atoms with van der Waals surface area (Å²) in [5, 5.41) is 7.77. The average Bonchev–Trinajstić information content (AvgIpc) is 2.70. The van der Waals surface area contributed by atoms with Gasteiger partial charge in [-0.25, -0.2) is 9.37 Å². The van der Waals surface area contributed by atoms with Gasteiger partial charge in [0.1, 0.15) is 5.52 Å². The lowest BCUT2D eigenvalue weighted by Gasteiger charge is -2.04. The molecule has 3 aromatic rings. The van der Waals surface area contributed by atoms with Crippen molar-refractivity contribution in [1.29, 1.82) is 0 Å². The third kappa shape index (κ3) is 1.67. The highest BCUT2D eigenvalue weighted by Gasteiger charge is 2.11. The van der Waals surface area contributed by atoms with E-state index in [0.717, 1.165) is 5.69 Å². The number of imidazole rings is 1. The summed E-state index contributed by atoms with van der Waals surface area (Å²) in [4.78, 5) is 4.03. The van der Waals surface area contributed by atoms with Gasteiger partial charge in [-0.15, -0.1) is 0 Å². The Balaban J connectivity index is 2.12. The van der Waals surface area contributed by atoms with Gasteiger partial charge in [-0.05, 0) is 24.3 Å². The molecule has 0 aliphatic carbocycles. The monoisotopic (exact) mass is 243 g/mol. The summed E-state index contributed by atoms with van der Waals surface area (Å²) in [7, 11) is 0. The molecule has 90 valence electrons. The zero-order chi connectivity index (χ0) is 12.5. The van der Waals surface area contributed by atoms with Gasteiger partial charge in [-0.3, -0.25) is 0 Å². The zero-order valence-corrected chi connectivity index (χ0v) is 9.42. The first-order valence-electron chi connectivity index (χ1n) is 5.42. The Morgan fingerprint density at radius 2 is 2.11 bits per heavy atom. The maximum Gasteiger partial charge on any atom is 0.201 e. The molecule has 0 radical (unpaired) electrons. The number of hydrogen-bond donors (Lipinski definition) is 1. The van der Waals surface area contributed by atoms with E-state index < -0.39 is 0 Å². The van der Waals surface area contributed by atoms with Gasteiger partial charge in [0.05, 0.1) is 17.8 Å². The maximum absolute atomic E-state index is 13.6. The quantitative estimate of drug-likeness (QED) is 0.742. The van der Waals surface area contributed by atoms with Crippen LogP contribution in [0.2, 0.25) is 0 Å². The molecule has 2 aromatic heterocycles. The molecule has 0 saturated carbocycles. The Morgan fingerprint density at radius 1 is 1.22 bits per heavy atom. The van der Waals surface area contributed by atoms with Gasteiger partial charge in [-0.1, -0.05) is 6.07 Å². The second-order valence-corrected chi connectivity index (χ2v) is 3.88. The van der Waals surface area contributed by atoms with Crippen molar-refractivity contribution in [3.8, 4) is 0 Å². The minimum absolute atomic E-state index is 0.265. The minimum Gasteiger partial charge on any atom is -0.369 e. The molecular formula is C12H10FN5. The standard InChI is InChI=1S/C12H10FN5/c13-9-4-1-5-10-11(9)16-12(14)18(10)7-8-3-2-6-15-17-8/h1-6H,7H2,(H2,14,16). The predicted molar refractivity (Wildman–Crippen MR) is 65.2 cm³/mol. The van der Waals surface area contributed by atoms with E-state index in [2.05, 4.69) is 15.2 Å². The Bertz CT molecular complexity index is 692. The third-order valence-electron chi connectivity index (χ3n) is 2.71. The first-order chi connectivity index (χ1) is 8.75. The van der Waals surface area contributed by atoms with Crippen LogP contribution >= 0.6 is 0 Å².